The molecule has 0 fully saturated rings. The Morgan fingerprint density at radius 2 is 1.89 bits per heavy atom. The number of halogens is 1. The fraction of sp³-hybridized carbons (Fsp3) is 0. The van der Waals surface area contributed by atoms with Crippen LogP contribution in [0.1, 0.15) is 20.8 Å². The number of nitrogens with one attached hydrogen (secondary N) is 1. The summed E-state index contributed by atoms with van der Waals surface area (Å²) in [6.45, 7) is 0. The molecule has 2 aromatic rings. The Kier molecular flexibility index (Phi) is 3.91. The molecule has 0 spiro atoms. The van der Waals surface area contributed by atoms with Crippen molar-refractivity contribution in [1.82, 2.24) is 4.98 Å². The van der Waals surface area contributed by atoms with Gasteiger partial charge in [0.1, 0.15) is 10.3 Å². The van der Waals surface area contributed by atoms with Gasteiger partial charge in [-0.25, -0.2) is 9.78 Å². The number of carboxylic acid groups (broad SMARTS) is 1. The SMILES string of the molecule is O=C(O)c1cccc(NC(=O)c2cccc(Br)n2)c1. The Morgan fingerprint density at radius 3 is 2.58 bits per heavy atom. The summed E-state index contributed by atoms with van der Waals surface area (Å²) in [5.74, 6) is -1.44. The maximum atomic E-state index is 11.9. The summed E-state index contributed by atoms with van der Waals surface area (Å²) in [7, 11) is 0. The van der Waals surface area contributed by atoms with Gasteiger partial charge < -0.3 is 10.4 Å². The average Bonchev–Trinajstić information content (AvgIpc) is 2.39. The normalized spacial score (nSPS) is 9.95. The van der Waals surface area contributed by atoms with Crippen LogP contribution in [-0.2, 0) is 0 Å². The van der Waals surface area contributed by atoms with Gasteiger partial charge in [0.25, 0.3) is 5.91 Å². The van der Waals surface area contributed by atoms with Gasteiger partial charge in [0.2, 0.25) is 0 Å². The first-order valence-electron chi connectivity index (χ1n) is 5.33. The minimum atomic E-state index is -1.04. The molecular weight excluding hydrogens is 312 g/mol. The second kappa shape index (κ2) is 5.62. The molecule has 0 unspecified atom stereocenters. The zero-order valence-corrected chi connectivity index (χ0v) is 11.2. The van der Waals surface area contributed by atoms with Crippen LogP contribution in [-0.4, -0.2) is 22.0 Å². The fourth-order valence-corrected chi connectivity index (χ4v) is 1.80. The smallest absolute Gasteiger partial charge is 0.335 e. The van der Waals surface area contributed by atoms with E-state index < -0.39 is 11.9 Å². The number of hydrogen-bond acceptors (Lipinski definition) is 3. The number of aromatic nitrogens is 1. The van der Waals surface area contributed by atoms with E-state index in [2.05, 4.69) is 26.2 Å². The number of carboxylic acids is 1. The predicted molar refractivity (Wildman–Crippen MR) is 73.3 cm³/mol. The molecule has 0 aliphatic heterocycles. The van der Waals surface area contributed by atoms with Crippen LogP contribution in [0.15, 0.2) is 47.1 Å². The second-order valence-electron chi connectivity index (χ2n) is 3.69. The summed E-state index contributed by atoms with van der Waals surface area (Å²) in [4.78, 5) is 26.7. The lowest BCUT2D eigenvalue weighted by Crippen LogP contribution is -2.14. The third-order valence-electron chi connectivity index (χ3n) is 2.32. The van der Waals surface area contributed by atoms with Gasteiger partial charge >= 0.3 is 5.97 Å². The van der Waals surface area contributed by atoms with Crippen molar-refractivity contribution in [3.63, 3.8) is 0 Å². The molecule has 5 nitrogen and oxygen atoms in total. The van der Waals surface area contributed by atoms with Gasteiger partial charge in [-0.1, -0.05) is 12.1 Å². The van der Waals surface area contributed by atoms with Crippen LogP contribution in [0, 0.1) is 0 Å². The van der Waals surface area contributed by atoms with E-state index in [-0.39, 0.29) is 11.3 Å². The largest absolute Gasteiger partial charge is 0.478 e. The van der Waals surface area contributed by atoms with Crippen molar-refractivity contribution in [1.29, 1.82) is 0 Å². The Labute approximate surface area is 117 Å². The molecule has 19 heavy (non-hydrogen) atoms. The van der Waals surface area contributed by atoms with Gasteiger partial charge in [-0.15, -0.1) is 0 Å². The van der Waals surface area contributed by atoms with Gasteiger partial charge in [-0.2, -0.15) is 0 Å². The molecule has 1 amide bonds. The maximum absolute atomic E-state index is 11.9. The monoisotopic (exact) mass is 320 g/mol. The summed E-state index contributed by atoms with van der Waals surface area (Å²) >= 11 is 3.18. The third-order valence-corrected chi connectivity index (χ3v) is 2.76. The van der Waals surface area contributed by atoms with Gasteiger partial charge in [-0.3, -0.25) is 4.79 Å². The van der Waals surface area contributed by atoms with E-state index in [0.717, 1.165) is 0 Å². The van der Waals surface area contributed by atoms with Crippen LogP contribution in [0.25, 0.3) is 0 Å². The van der Waals surface area contributed by atoms with Gasteiger partial charge in [-0.05, 0) is 46.3 Å². The van der Waals surface area contributed by atoms with Crippen molar-refractivity contribution in [2.45, 2.75) is 0 Å². The summed E-state index contributed by atoms with van der Waals surface area (Å²) in [5, 5.41) is 11.5. The molecule has 1 aromatic carbocycles. The highest BCUT2D eigenvalue weighted by atomic mass is 79.9. The lowest BCUT2D eigenvalue weighted by atomic mass is 10.2. The number of carbonyl (C=O) groups excluding carboxylic acids is 1. The molecule has 0 bridgehead atoms. The van der Waals surface area contributed by atoms with Crippen molar-refractivity contribution in [3.8, 4) is 0 Å². The minimum absolute atomic E-state index is 0.111. The molecule has 1 aromatic heterocycles. The van der Waals surface area contributed by atoms with Crippen molar-refractivity contribution in [2.24, 2.45) is 0 Å². The van der Waals surface area contributed by atoms with Crippen molar-refractivity contribution < 1.29 is 14.7 Å². The van der Waals surface area contributed by atoms with Crippen molar-refractivity contribution in [3.05, 3.63) is 58.3 Å². The van der Waals surface area contributed by atoms with Crippen LogP contribution in [0.5, 0.6) is 0 Å². The highest BCUT2D eigenvalue weighted by Crippen LogP contribution is 2.13. The first-order chi connectivity index (χ1) is 9.06. The number of anilines is 1. The fourth-order valence-electron chi connectivity index (χ4n) is 1.46. The molecule has 0 aliphatic carbocycles. The molecule has 0 atom stereocenters. The maximum Gasteiger partial charge on any atom is 0.335 e. The van der Waals surface area contributed by atoms with Crippen LogP contribution in [0.3, 0.4) is 0 Å². The minimum Gasteiger partial charge on any atom is -0.478 e. The lowest BCUT2D eigenvalue weighted by Gasteiger charge is -2.05. The molecule has 0 aliphatic rings. The van der Waals surface area contributed by atoms with Crippen LogP contribution >= 0.6 is 15.9 Å². The first-order valence-corrected chi connectivity index (χ1v) is 6.13. The van der Waals surface area contributed by atoms with Gasteiger partial charge in [0.15, 0.2) is 0 Å². The third kappa shape index (κ3) is 3.38. The summed E-state index contributed by atoms with van der Waals surface area (Å²) in [5.41, 5.74) is 0.766. The molecular formula is C13H9BrN2O3. The quantitative estimate of drug-likeness (QED) is 0.852. The molecule has 0 saturated heterocycles. The number of rotatable bonds is 3. The van der Waals surface area contributed by atoms with Crippen molar-refractivity contribution in [2.75, 3.05) is 5.32 Å². The topological polar surface area (TPSA) is 79.3 Å². The van der Waals surface area contributed by atoms with E-state index in [0.29, 0.717) is 10.3 Å². The number of benzene rings is 1. The van der Waals surface area contributed by atoms with Crippen LogP contribution < -0.4 is 5.32 Å². The standard InChI is InChI=1S/C13H9BrN2O3/c14-11-6-2-5-10(16-11)12(17)15-9-4-1-3-8(7-9)13(18)19/h1-7H,(H,15,17)(H,18,19). The van der Waals surface area contributed by atoms with Crippen LogP contribution in [0.4, 0.5) is 5.69 Å². The van der Waals surface area contributed by atoms with Gasteiger partial charge in [0, 0.05) is 5.69 Å². The predicted octanol–water partition coefficient (Wildman–Crippen LogP) is 2.79. The Balaban J connectivity index is 2.19. The van der Waals surface area contributed by atoms with Gasteiger partial charge in [0.05, 0.1) is 5.56 Å². The van der Waals surface area contributed by atoms with E-state index >= 15 is 0 Å². The Morgan fingerprint density at radius 1 is 1.16 bits per heavy atom. The van der Waals surface area contributed by atoms with E-state index in [1.807, 2.05) is 0 Å². The summed E-state index contributed by atoms with van der Waals surface area (Å²) in [6, 6.07) is 11.0. The second-order valence-corrected chi connectivity index (χ2v) is 4.50. The molecule has 6 heteroatoms. The molecule has 2 N–H and O–H groups in total. The molecule has 96 valence electrons. The Hall–Kier alpha value is -2.21. The molecule has 2 rings (SSSR count). The number of pyridine rings is 1. The zero-order valence-electron chi connectivity index (χ0n) is 9.63. The van der Waals surface area contributed by atoms with E-state index in [4.69, 9.17) is 5.11 Å². The highest BCUT2D eigenvalue weighted by Gasteiger charge is 2.09. The highest BCUT2D eigenvalue weighted by molar-refractivity contribution is 9.10. The Bertz CT molecular complexity index is 643. The van der Waals surface area contributed by atoms with E-state index in [1.54, 1.807) is 30.3 Å². The van der Waals surface area contributed by atoms with Crippen molar-refractivity contribution >= 4 is 33.5 Å². The number of amides is 1. The molecule has 1 heterocycles. The van der Waals surface area contributed by atoms with E-state index in [1.165, 1.54) is 12.1 Å². The average molecular weight is 321 g/mol. The van der Waals surface area contributed by atoms with E-state index in [9.17, 15) is 9.59 Å². The number of nitrogens with zero attached hydrogens (tertiary/aromatic N) is 1. The summed E-state index contributed by atoms with van der Waals surface area (Å²) < 4.78 is 0.555. The van der Waals surface area contributed by atoms with Crippen LogP contribution in [0.2, 0.25) is 0 Å². The lowest BCUT2D eigenvalue weighted by molar-refractivity contribution is 0.0696. The molecule has 0 radical (unpaired) electrons. The molecule has 0 saturated carbocycles. The number of hydrogen-bond donors (Lipinski definition) is 2. The first kappa shape index (κ1) is 13.2. The zero-order chi connectivity index (χ0) is 13.8. The number of carbonyl (C=O) groups is 2. The summed E-state index contributed by atoms with van der Waals surface area (Å²) in [6.07, 6.45) is 0. The number of aromatic carboxylic acids is 1.